The molecule has 0 heterocycles. The summed E-state index contributed by atoms with van der Waals surface area (Å²) in [7, 11) is 1.63. The summed E-state index contributed by atoms with van der Waals surface area (Å²) in [6, 6.07) is 12.0. The summed E-state index contributed by atoms with van der Waals surface area (Å²) < 4.78 is 14.8. The first-order chi connectivity index (χ1) is 9.49. The molecule has 0 unspecified atom stereocenters. The van der Waals surface area contributed by atoms with Gasteiger partial charge in [-0.25, -0.2) is 4.39 Å². The zero-order chi connectivity index (χ0) is 14.7. The average molecular weight is 357 g/mol. The van der Waals surface area contributed by atoms with Gasteiger partial charge in [-0.05, 0) is 29.8 Å². The summed E-state index contributed by atoms with van der Waals surface area (Å²) in [6.07, 6.45) is 0. The summed E-state index contributed by atoms with van der Waals surface area (Å²) in [6.45, 7) is 0.393. The second kappa shape index (κ2) is 6.37. The van der Waals surface area contributed by atoms with Crippen molar-refractivity contribution in [2.45, 2.75) is 6.54 Å². The van der Waals surface area contributed by atoms with Crippen LogP contribution in [-0.2, 0) is 6.54 Å². The molecule has 0 saturated heterocycles. The van der Waals surface area contributed by atoms with Crippen LogP contribution in [0.15, 0.2) is 46.9 Å². The van der Waals surface area contributed by atoms with E-state index in [-0.39, 0.29) is 10.6 Å². The number of rotatable bonds is 3. The number of nitrogens with zero attached hydrogens (tertiary/aromatic N) is 1. The minimum Gasteiger partial charge on any atom is -0.337 e. The fraction of sp³-hybridized carbons (Fsp3) is 0.133. The van der Waals surface area contributed by atoms with Gasteiger partial charge in [-0.3, -0.25) is 4.79 Å². The van der Waals surface area contributed by atoms with Gasteiger partial charge in [-0.15, -0.1) is 0 Å². The summed E-state index contributed by atoms with van der Waals surface area (Å²) in [5.74, 6) is -1.08. The molecule has 2 nitrogen and oxygen atoms in total. The van der Waals surface area contributed by atoms with Gasteiger partial charge in [0.1, 0.15) is 0 Å². The largest absolute Gasteiger partial charge is 0.337 e. The lowest BCUT2D eigenvalue weighted by molar-refractivity contribution is 0.0780. The Balaban J connectivity index is 2.19. The third kappa shape index (κ3) is 3.38. The SMILES string of the molecule is CN(Cc1cccc(Br)c1)C(=O)c1cccc(Cl)c1F. The maximum absolute atomic E-state index is 13.8. The van der Waals surface area contributed by atoms with Crippen molar-refractivity contribution >= 4 is 33.4 Å². The number of amides is 1. The molecule has 2 aromatic rings. The number of carbonyl (C=O) groups is 1. The van der Waals surface area contributed by atoms with Gasteiger partial charge >= 0.3 is 0 Å². The highest BCUT2D eigenvalue weighted by Gasteiger charge is 2.18. The highest BCUT2D eigenvalue weighted by Crippen LogP contribution is 2.20. The van der Waals surface area contributed by atoms with E-state index in [0.717, 1.165) is 10.0 Å². The smallest absolute Gasteiger partial charge is 0.256 e. The minimum absolute atomic E-state index is 0.0185. The maximum Gasteiger partial charge on any atom is 0.256 e. The van der Waals surface area contributed by atoms with Crippen molar-refractivity contribution in [3.63, 3.8) is 0 Å². The molecule has 0 fully saturated rings. The van der Waals surface area contributed by atoms with Crippen LogP contribution in [-0.4, -0.2) is 17.9 Å². The van der Waals surface area contributed by atoms with Crippen LogP contribution in [0.1, 0.15) is 15.9 Å². The van der Waals surface area contributed by atoms with Crippen molar-refractivity contribution in [1.82, 2.24) is 4.90 Å². The van der Waals surface area contributed by atoms with Crippen LogP contribution in [0.5, 0.6) is 0 Å². The third-order valence-electron chi connectivity index (χ3n) is 2.84. The Bertz CT molecular complexity index is 648. The molecule has 0 saturated carbocycles. The van der Waals surface area contributed by atoms with Gasteiger partial charge in [0.25, 0.3) is 5.91 Å². The molecule has 5 heteroatoms. The third-order valence-corrected chi connectivity index (χ3v) is 3.62. The fourth-order valence-corrected chi connectivity index (χ4v) is 2.48. The van der Waals surface area contributed by atoms with Crippen LogP contribution >= 0.6 is 27.5 Å². The molecular weight excluding hydrogens is 345 g/mol. The van der Waals surface area contributed by atoms with Crippen LogP contribution in [0.2, 0.25) is 5.02 Å². The van der Waals surface area contributed by atoms with E-state index in [0.29, 0.717) is 6.54 Å². The highest BCUT2D eigenvalue weighted by molar-refractivity contribution is 9.10. The van der Waals surface area contributed by atoms with Crippen molar-refractivity contribution in [1.29, 1.82) is 0 Å². The van der Waals surface area contributed by atoms with Crippen molar-refractivity contribution in [3.8, 4) is 0 Å². The Morgan fingerprint density at radius 3 is 2.70 bits per heavy atom. The summed E-state index contributed by atoms with van der Waals surface area (Å²) in [5, 5.41) is -0.0493. The van der Waals surface area contributed by atoms with Crippen LogP contribution in [0.25, 0.3) is 0 Å². The van der Waals surface area contributed by atoms with E-state index in [2.05, 4.69) is 15.9 Å². The molecule has 0 N–H and O–H groups in total. The van der Waals surface area contributed by atoms with Gasteiger partial charge in [-0.2, -0.15) is 0 Å². The van der Waals surface area contributed by atoms with Crippen LogP contribution in [0.4, 0.5) is 4.39 Å². The molecule has 1 amide bonds. The first kappa shape index (κ1) is 15.0. The van der Waals surface area contributed by atoms with E-state index in [1.807, 2.05) is 24.3 Å². The first-order valence-corrected chi connectivity index (χ1v) is 7.10. The molecule has 104 valence electrons. The molecule has 20 heavy (non-hydrogen) atoms. The Kier molecular flexibility index (Phi) is 4.78. The molecule has 0 spiro atoms. The van der Waals surface area contributed by atoms with Gasteiger partial charge in [0.05, 0.1) is 10.6 Å². The quantitative estimate of drug-likeness (QED) is 0.792. The average Bonchev–Trinajstić information content (AvgIpc) is 2.41. The Hall–Kier alpha value is -1.39. The second-order valence-electron chi connectivity index (χ2n) is 4.39. The molecule has 0 aliphatic rings. The van der Waals surface area contributed by atoms with Gasteiger partial charge in [0, 0.05) is 18.1 Å². The van der Waals surface area contributed by atoms with E-state index in [9.17, 15) is 9.18 Å². The lowest BCUT2D eigenvalue weighted by Crippen LogP contribution is -2.27. The van der Waals surface area contributed by atoms with Crippen molar-refractivity contribution in [3.05, 3.63) is 68.9 Å². The van der Waals surface area contributed by atoms with E-state index in [1.54, 1.807) is 13.1 Å². The monoisotopic (exact) mass is 355 g/mol. The predicted molar refractivity (Wildman–Crippen MR) is 81.3 cm³/mol. The Morgan fingerprint density at radius 2 is 2.00 bits per heavy atom. The molecule has 0 radical (unpaired) electrons. The van der Waals surface area contributed by atoms with Crippen molar-refractivity contribution < 1.29 is 9.18 Å². The van der Waals surface area contributed by atoms with Crippen molar-refractivity contribution in [2.75, 3.05) is 7.05 Å². The predicted octanol–water partition coefficient (Wildman–Crippen LogP) is 4.51. The number of carbonyl (C=O) groups excluding carboxylic acids is 1. The molecule has 2 aromatic carbocycles. The van der Waals surface area contributed by atoms with E-state index in [4.69, 9.17) is 11.6 Å². The summed E-state index contributed by atoms with van der Waals surface area (Å²) in [5.41, 5.74) is 0.938. The normalized spacial score (nSPS) is 10.4. The van der Waals surface area contributed by atoms with E-state index < -0.39 is 11.7 Å². The zero-order valence-electron chi connectivity index (χ0n) is 10.7. The van der Waals surface area contributed by atoms with Gasteiger partial charge < -0.3 is 4.90 Å². The minimum atomic E-state index is -0.680. The Labute approximate surface area is 130 Å². The van der Waals surface area contributed by atoms with Crippen LogP contribution < -0.4 is 0 Å². The fourth-order valence-electron chi connectivity index (χ4n) is 1.86. The molecule has 0 aliphatic heterocycles. The topological polar surface area (TPSA) is 20.3 Å². The molecule has 0 atom stereocenters. The molecule has 2 rings (SSSR count). The second-order valence-corrected chi connectivity index (χ2v) is 5.72. The summed E-state index contributed by atoms with van der Waals surface area (Å²) in [4.78, 5) is 13.7. The molecule has 0 aliphatic carbocycles. The van der Waals surface area contributed by atoms with Gasteiger partial charge in [-0.1, -0.05) is 45.7 Å². The summed E-state index contributed by atoms with van der Waals surface area (Å²) >= 11 is 9.07. The van der Waals surface area contributed by atoms with Crippen LogP contribution in [0.3, 0.4) is 0 Å². The van der Waals surface area contributed by atoms with Gasteiger partial charge in [0.2, 0.25) is 0 Å². The molecule has 0 aromatic heterocycles. The van der Waals surface area contributed by atoms with E-state index in [1.165, 1.54) is 17.0 Å². The molecule has 0 bridgehead atoms. The first-order valence-electron chi connectivity index (χ1n) is 5.93. The van der Waals surface area contributed by atoms with Gasteiger partial charge in [0.15, 0.2) is 5.82 Å². The van der Waals surface area contributed by atoms with Crippen LogP contribution in [0, 0.1) is 5.82 Å². The van der Waals surface area contributed by atoms with Crippen molar-refractivity contribution in [2.24, 2.45) is 0 Å². The number of hydrogen-bond donors (Lipinski definition) is 0. The maximum atomic E-state index is 13.8. The number of hydrogen-bond acceptors (Lipinski definition) is 1. The number of halogens is 3. The number of benzene rings is 2. The Morgan fingerprint density at radius 1 is 1.30 bits per heavy atom. The zero-order valence-corrected chi connectivity index (χ0v) is 13.1. The lowest BCUT2D eigenvalue weighted by atomic mass is 10.1. The van der Waals surface area contributed by atoms with E-state index >= 15 is 0 Å². The lowest BCUT2D eigenvalue weighted by Gasteiger charge is -2.18. The molecular formula is C15H12BrClFNO. The highest BCUT2D eigenvalue weighted by atomic mass is 79.9. The standard InChI is InChI=1S/C15H12BrClFNO/c1-19(9-10-4-2-5-11(16)8-10)15(20)12-6-3-7-13(17)14(12)18/h2-8H,9H2,1H3.